The predicted molar refractivity (Wildman–Crippen MR) is 67.7 cm³/mol. The summed E-state index contributed by atoms with van der Waals surface area (Å²) in [6.07, 6.45) is 1.77. The lowest BCUT2D eigenvalue weighted by atomic mass is 10.1. The van der Waals surface area contributed by atoms with Gasteiger partial charge in [0.25, 0.3) is 5.92 Å². The van der Waals surface area contributed by atoms with Crippen molar-refractivity contribution in [1.29, 1.82) is 0 Å². The summed E-state index contributed by atoms with van der Waals surface area (Å²) in [6.45, 7) is -0.517. The van der Waals surface area contributed by atoms with E-state index in [1.165, 1.54) is 12.1 Å². The highest BCUT2D eigenvalue weighted by Gasteiger charge is 2.30. The van der Waals surface area contributed by atoms with Crippen LogP contribution >= 0.6 is 0 Å². The number of sulfonamides is 1. The molecule has 0 spiro atoms. The maximum Gasteiger partial charge on any atom is 0.283 e. The quantitative estimate of drug-likeness (QED) is 0.801. The van der Waals surface area contributed by atoms with Crippen LogP contribution < -0.4 is 4.72 Å². The van der Waals surface area contributed by atoms with Crippen molar-refractivity contribution in [3.63, 3.8) is 0 Å². The first-order chi connectivity index (χ1) is 8.80. The maximum atomic E-state index is 12.8. The van der Waals surface area contributed by atoms with Crippen LogP contribution in [0.3, 0.4) is 0 Å². The van der Waals surface area contributed by atoms with E-state index in [9.17, 15) is 17.2 Å². The van der Waals surface area contributed by atoms with Gasteiger partial charge in [-0.05, 0) is 24.1 Å². The fourth-order valence-corrected chi connectivity index (χ4v) is 2.53. The van der Waals surface area contributed by atoms with Gasteiger partial charge in [-0.1, -0.05) is 25.5 Å². The molecule has 0 aliphatic heterocycles. The number of rotatable bonds is 7. The van der Waals surface area contributed by atoms with Gasteiger partial charge in [0.15, 0.2) is 0 Å². The molecule has 0 atom stereocenters. The molecule has 2 N–H and O–H groups in total. The lowest BCUT2D eigenvalue weighted by Gasteiger charge is -2.14. The molecule has 0 aliphatic carbocycles. The van der Waals surface area contributed by atoms with Crippen molar-refractivity contribution in [2.75, 3.05) is 13.2 Å². The lowest BCUT2D eigenvalue weighted by Crippen LogP contribution is -2.38. The fourth-order valence-electron chi connectivity index (χ4n) is 1.46. The number of aliphatic hydroxyl groups is 1. The van der Waals surface area contributed by atoms with Gasteiger partial charge in [0.05, 0.1) is 11.4 Å². The van der Waals surface area contributed by atoms with Crippen molar-refractivity contribution >= 4 is 10.0 Å². The van der Waals surface area contributed by atoms with E-state index in [-0.39, 0.29) is 4.90 Å². The highest BCUT2D eigenvalue weighted by Crippen LogP contribution is 2.15. The van der Waals surface area contributed by atoms with E-state index >= 15 is 0 Å². The van der Waals surface area contributed by atoms with Gasteiger partial charge in [-0.25, -0.2) is 21.9 Å². The third-order valence-corrected chi connectivity index (χ3v) is 3.94. The van der Waals surface area contributed by atoms with Gasteiger partial charge in [-0.15, -0.1) is 0 Å². The van der Waals surface area contributed by atoms with Crippen molar-refractivity contribution in [3.05, 3.63) is 29.8 Å². The number of aliphatic hydroxyl groups excluding tert-OH is 1. The highest BCUT2D eigenvalue weighted by molar-refractivity contribution is 7.89. The number of benzene rings is 1. The molecule has 1 aromatic rings. The molecule has 1 rings (SSSR count). The molecule has 108 valence electrons. The molecule has 7 heteroatoms. The Balaban J connectivity index is 2.77. The zero-order valence-corrected chi connectivity index (χ0v) is 11.4. The lowest BCUT2D eigenvalue weighted by molar-refractivity contribution is -0.0437. The molecule has 0 unspecified atom stereocenters. The normalized spacial score (nSPS) is 12.6. The van der Waals surface area contributed by atoms with E-state index in [0.29, 0.717) is 0 Å². The Kier molecular flexibility index (Phi) is 5.39. The standard InChI is InChI=1S/C12H17F2NO3S/c1-2-3-10-4-6-11(7-5-10)19(17,18)15-8-12(13,14)9-16/h4-7,15-16H,2-3,8-9H2,1H3. The Bertz CT molecular complexity index is 500. The maximum absolute atomic E-state index is 12.8. The highest BCUT2D eigenvalue weighted by atomic mass is 32.2. The summed E-state index contributed by atoms with van der Waals surface area (Å²) in [6, 6.07) is 6.07. The molecular weight excluding hydrogens is 276 g/mol. The van der Waals surface area contributed by atoms with Gasteiger partial charge in [0.2, 0.25) is 10.0 Å². The molecule has 1 aromatic carbocycles. The number of nitrogens with one attached hydrogen (secondary N) is 1. The van der Waals surface area contributed by atoms with E-state index in [4.69, 9.17) is 5.11 Å². The molecule has 0 radical (unpaired) electrons. The molecule has 4 nitrogen and oxygen atoms in total. The van der Waals surface area contributed by atoms with Crippen molar-refractivity contribution in [2.24, 2.45) is 0 Å². The van der Waals surface area contributed by atoms with Crippen molar-refractivity contribution < 1.29 is 22.3 Å². The number of halogens is 2. The van der Waals surface area contributed by atoms with Crippen LogP contribution in [0.1, 0.15) is 18.9 Å². The topological polar surface area (TPSA) is 66.4 Å². The summed E-state index contributed by atoms with van der Waals surface area (Å²) in [5.74, 6) is -3.46. The van der Waals surface area contributed by atoms with E-state index in [2.05, 4.69) is 0 Å². The molecule has 0 heterocycles. The van der Waals surface area contributed by atoms with Crippen LogP contribution in [0, 0.1) is 0 Å². The second-order valence-corrected chi connectivity index (χ2v) is 6.00. The summed E-state index contributed by atoms with van der Waals surface area (Å²) < 4.78 is 50.8. The van der Waals surface area contributed by atoms with E-state index in [1.807, 2.05) is 6.92 Å². The minimum atomic E-state index is -3.98. The number of alkyl halides is 2. The third kappa shape index (κ3) is 4.85. The molecular formula is C12H17F2NO3S. The molecule has 0 fully saturated rings. The summed E-state index contributed by atoms with van der Waals surface area (Å²) in [5, 5.41) is 8.37. The Hall–Kier alpha value is -1.05. The third-order valence-electron chi connectivity index (χ3n) is 2.52. The van der Waals surface area contributed by atoms with Crippen LogP contribution in [0.2, 0.25) is 0 Å². The van der Waals surface area contributed by atoms with Gasteiger partial charge in [-0.3, -0.25) is 0 Å². The first-order valence-corrected chi connectivity index (χ1v) is 7.36. The zero-order valence-electron chi connectivity index (χ0n) is 10.6. The number of hydrogen-bond donors (Lipinski definition) is 2. The molecule has 0 saturated heterocycles. The van der Waals surface area contributed by atoms with E-state index in [1.54, 1.807) is 16.9 Å². The second kappa shape index (κ2) is 6.40. The second-order valence-electron chi connectivity index (χ2n) is 4.23. The monoisotopic (exact) mass is 293 g/mol. The Morgan fingerprint density at radius 1 is 1.26 bits per heavy atom. The largest absolute Gasteiger partial charge is 0.390 e. The van der Waals surface area contributed by atoms with Gasteiger partial charge >= 0.3 is 0 Å². The molecule has 0 bridgehead atoms. The Labute approximate surface area is 111 Å². The van der Waals surface area contributed by atoms with Gasteiger partial charge in [-0.2, -0.15) is 0 Å². The summed E-state index contributed by atoms with van der Waals surface area (Å²) in [5.41, 5.74) is 0.988. The SMILES string of the molecule is CCCc1ccc(S(=O)(=O)NCC(F)(F)CO)cc1. The Morgan fingerprint density at radius 3 is 2.32 bits per heavy atom. The predicted octanol–water partition coefficient (Wildman–Crippen LogP) is 1.55. The number of hydrogen-bond acceptors (Lipinski definition) is 3. The summed E-state index contributed by atoms with van der Waals surface area (Å²) in [7, 11) is -3.98. The van der Waals surface area contributed by atoms with Crippen LogP contribution in [0.25, 0.3) is 0 Å². The fraction of sp³-hybridized carbons (Fsp3) is 0.500. The smallest absolute Gasteiger partial charge is 0.283 e. The van der Waals surface area contributed by atoms with E-state index in [0.717, 1.165) is 18.4 Å². The van der Waals surface area contributed by atoms with Gasteiger partial charge in [0.1, 0.15) is 6.61 Å². The molecule has 0 aliphatic rings. The van der Waals surface area contributed by atoms with Gasteiger partial charge in [0, 0.05) is 0 Å². The average Bonchev–Trinajstić information content (AvgIpc) is 2.38. The Morgan fingerprint density at radius 2 is 1.84 bits per heavy atom. The molecule has 0 saturated carbocycles. The van der Waals surface area contributed by atoms with E-state index < -0.39 is 29.1 Å². The van der Waals surface area contributed by atoms with Crippen molar-refractivity contribution in [3.8, 4) is 0 Å². The average molecular weight is 293 g/mol. The van der Waals surface area contributed by atoms with Crippen LogP contribution in [0.15, 0.2) is 29.2 Å². The van der Waals surface area contributed by atoms with Crippen LogP contribution in [-0.4, -0.2) is 32.6 Å². The molecule has 19 heavy (non-hydrogen) atoms. The first-order valence-electron chi connectivity index (χ1n) is 5.88. The first kappa shape index (κ1) is 16.0. The molecule has 0 amide bonds. The molecule has 0 aromatic heterocycles. The zero-order chi connectivity index (χ0) is 14.5. The van der Waals surface area contributed by atoms with Crippen LogP contribution in [0.4, 0.5) is 8.78 Å². The summed E-state index contributed by atoms with van der Waals surface area (Å²) >= 11 is 0. The number of aryl methyl sites for hydroxylation is 1. The van der Waals surface area contributed by atoms with Gasteiger partial charge < -0.3 is 5.11 Å². The summed E-state index contributed by atoms with van der Waals surface area (Å²) in [4.78, 5) is -0.0684. The minimum absolute atomic E-state index is 0.0684. The minimum Gasteiger partial charge on any atom is -0.390 e. The van der Waals surface area contributed by atoms with Crippen molar-refractivity contribution in [2.45, 2.75) is 30.6 Å². The van der Waals surface area contributed by atoms with Crippen LogP contribution in [0.5, 0.6) is 0 Å². The van der Waals surface area contributed by atoms with Crippen LogP contribution in [-0.2, 0) is 16.4 Å². The van der Waals surface area contributed by atoms with Crippen molar-refractivity contribution in [1.82, 2.24) is 4.72 Å².